The number of carboxylic acids is 1. The van der Waals surface area contributed by atoms with Gasteiger partial charge in [-0.25, -0.2) is 0 Å². The van der Waals surface area contributed by atoms with Crippen LogP contribution in [0, 0.1) is 34.5 Å². The minimum Gasteiger partial charge on any atom is -0.480 e. The fourth-order valence-corrected chi connectivity index (χ4v) is 7.85. The summed E-state index contributed by atoms with van der Waals surface area (Å²) in [7, 11) is 1.57. The average molecular weight is 466 g/mol. The van der Waals surface area contributed by atoms with E-state index < -0.39 is 5.97 Å². The second-order valence-electron chi connectivity index (χ2n) is 12.3. The van der Waals surface area contributed by atoms with Gasteiger partial charge in [0.15, 0.2) is 0 Å². The van der Waals surface area contributed by atoms with E-state index in [1.54, 1.807) is 7.05 Å². The summed E-state index contributed by atoms with van der Waals surface area (Å²) >= 11 is 0. The number of aliphatic hydroxyl groups is 2. The Labute approximate surface area is 200 Å². The van der Waals surface area contributed by atoms with Crippen LogP contribution in [0.3, 0.4) is 0 Å². The van der Waals surface area contributed by atoms with E-state index in [1.165, 1.54) is 24.2 Å². The van der Waals surface area contributed by atoms with Gasteiger partial charge < -0.3 is 20.2 Å². The molecule has 6 heteroatoms. The molecule has 0 aromatic rings. The van der Waals surface area contributed by atoms with E-state index in [9.17, 15) is 19.8 Å². The fraction of sp³-hybridized carbons (Fsp3) is 0.926. The number of likely N-dealkylation sites (N-methyl/N-ethyl adjacent to an activating group) is 1. The van der Waals surface area contributed by atoms with E-state index >= 15 is 0 Å². The van der Waals surface area contributed by atoms with Crippen molar-refractivity contribution in [2.75, 3.05) is 13.6 Å². The molecule has 0 saturated heterocycles. The number of carboxylic acid groups (broad SMARTS) is 1. The molecule has 3 aliphatic rings. The zero-order valence-electron chi connectivity index (χ0n) is 21.3. The molecule has 3 aliphatic carbocycles. The highest BCUT2D eigenvalue weighted by atomic mass is 16.4. The molecule has 0 heterocycles. The number of rotatable bonds is 9. The first-order chi connectivity index (χ1) is 15.4. The van der Waals surface area contributed by atoms with Crippen molar-refractivity contribution in [3.05, 3.63) is 0 Å². The van der Waals surface area contributed by atoms with Crippen LogP contribution in [0.5, 0.6) is 0 Å². The first kappa shape index (κ1) is 26.5. The Morgan fingerprint density at radius 3 is 2.45 bits per heavy atom. The van der Waals surface area contributed by atoms with Gasteiger partial charge in [0, 0.05) is 13.5 Å². The molecule has 0 aliphatic heterocycles. The molecule has 0 spiro atoms. The maximum atomic E-state index is 12.3. The molecule has 8 unspecified atom stereocenters. The Balaban J connectivity index is 1.58. The maximum absolute atomic E-state index is 12.3. The lowest BCUT2D eigenvalue weighted by Gasteiger charge is -2.53. The number of hydrogen-bond acceptors (Lipinski definition) is 4. The van der Waals surface area contributed by atoms with Crippen molar-refractivity contribution < 1.29 is 24.9 Å². The Bertz CT molecular complexity index is 696. The average Bonchev–Trinajstić information content (AvgIpc) is 3.12. The highest BCUT2D eigenvalue weighted by Crippen LogP contribution is 2.57. The second kappa shape index (κ2) is 10.6. The van der Waals surface area contributed by atoms with Crippen LogP contribution in [0.4, 0.5) is 0 Å². The number of carbonyl (C=O) groups excluding carboxylic acids is 1. The van der Waals surface area contributed by atoms with Gasteiger partial charge in [-0.15, -0.1) is 0 Å². The third kappa shape index (κ3) is 6.11. The third-order valence-corrected chi connectivity index (χ3v) is 10.1. The smallest absolute Gasteiger partial charge is 0.323 e. The predicted molar refractivity (Wildman–Crippen MR) is 129 cm³/mol. The number of hydrogen-bond donors (Lipinski definition) is 3. The molecule has 3 rings (SSSR count). The van der Waals surface area contributed by atoms with Gasteiger partial charge in [-0.2, -0.15) is 0 Å². The van der Waals surface area contributed by atoms with E-state index in [1.807, 2.05) is 0 Å². The number of aliphatic carboxylic acids is 1. The number of aliphatic hydroxyl groups excluding tert-OH is 2. The van der Waals surface area contributed by atoms with Crippen molar-refractivity contribution >= 4 is 11.9 Å². The second-order valence-corrected chi connectivity index (χ2v) is 12.3. The quantitative estimate of drug-likeness (QED) is 0.467. The summed E-state index contributed by atoms with van der Waals surface area (Å²) in [5.74, 6) is 0.899. The SMILES string of the molecule is CC(CCC(=O)N(C)CC(=O)O)C1CCCC1(C)CCC1CC(O)CC2CC(O)CCC12C. The fourth-order valence-electron chi connectivity index (χ4n) is 7.85. The lowest BCUT2D eigenvalue weighted by atomic mass is 9.53. The van der Waals surface area contributed by atoms with E-state index in [2.05, 4.69) is 20.8 Å². The molecule has 8 atom stereocenters. The lowest BCUT2D eigenvalue weighted by molar-refractivity contribution is -0.143. The van der Waals surface area contributed by atoms with Crippen molar-refractivity contribution in [2.45, 2.75) is 110 Å². The molecule has 190 valence electrons. The van der Waals surface area contributed by atoms with Crippen molar-refractivity contribution in [3.8, 4) is 0 Å². The first-order valence-electron chi connectivity index (χ1n) is 13.3. The maximum Gasteiger partial charge on any atom is 0.323 e. The zero-order valence-corrected chi connectivity index (χ0v) is 21.3. The van der Waals surface area contributed by atoms with Crippen LogP contribution in [0.25, 0.3) is 0 Å². The van der Waals surface area contributed by atoms with Crippen molar-refractivity contribution in [1.29, 1.82) is 0 Å². The number of amides is 1. The molecule has 33 heavy (non-hydrogen) atoms. The van der Waals surface area contributed by atoms with Gasteiger partial charge in [-0.1, -0.05) is 27.2 Å². The van der Waals surface area contributed by atoms with Crippen LogP contribution in [-0.2, 0) is 9.59 Å². The highest BCUT2D eigenvalue weighted by molar-refractivity contribution is 5.80. The topological polar surface area (TPSA) is 98.1 Å². The molecule has 3 fully saturated rings. The highest BCUT2D eigenvalue weighted by Gasteiger charge is 2.50. The van der Waals surface area contributed by atoms with Crippen LogP contribution in [0.15, 0.2) is 0 Å². The summed E-state index contributed by atoms with van der Waals surface area (Å²) < 4.78 is 0. The molecule has 0 aromatic heterocycles. The Hall–Kier alpha value is -1.14. The van der Waals surface area contributed by atoms with Gasteiger partial charge in [0.2, 0.25) is 5.91 Å². The number of nitrogens with zero attached hydrogens (tertiary/aromatic N) is 1. The van der Waals surface area contributed by atoms with Gasteiger partial charge in [-0.05, 0) is 98.7 Å². The molecule has 6 nitrogen and oxygen atoms in total. The summed E-state index contributed by atoms with van der Waals surface area (Å²) in [6.07, 6.45) is 11.3. The summed E-state index contributed by atoms with van der Waals surface area (Å²) in [6.45, 7) is 6.88. The summed E-state index contributed by atoms with van der Waals surface area (Å²) in [5.41, 5.74) is 0.494. The first-order valence-corrected chi connectivity index (χ1v) is 13.3. The zero-order chi connectivity index (χ0) is 24.4. The van der Waals surface area contributed by atoms with Gasteiger partial charge in [0.25, 0.3) is 0 Å². The van der Waals surface area contributed by atoms with Crippen LogP contribution in [0.2, 0.25) is 0 Å². The van der Waals surface area contributed by atoms with Crippen LogP contribution in [0.1, 0.15) is 97.8 Å². The number of carbonyl (C=O) groups is 2. The van der Waals surface area contributed by atoms with Gasteiger partial charge >= 0.3 is 5.97 Å². The molecule has 3 saturated carbocycles. The monoisotopic (exact) mass is 465 g/mol. The summed E-state index contributed by atoms with van der Waals surface area (Å²) in [4.78, 5) is 24.5. The Morgan fingerprint density at radius 1 is 1.06 bits per heavy atom. The molecular formula is C27H47NO5. The van der Waals surface area contributed by atoms with Crippen LogP contribution < -0.4 is 0 Å². The standard InChI is InChI=1S/C27H47NO5/c1-18(7-8-24(31)28(4)17-25(32)33)23-6-5-11-26(23,2)12-9-19-14-22(30)16-20-15-21(29)10-13-27(19,20)3/h18-23,29-30H,5-17H2,1-4H3,(H,32,33). The normalized spacial score (nSPS) is 39.6. The molecule has 0 radical (unpaired) electrons. The van der Waals surface area contributed by atoms with Gasteiger partial charge in [-0.3, -0.25) is 9.59 Å². The van der Waals surface area contributed by atoms with Crippen molar-refractivity contribution in [1.82, 2.24) is 4.90 Å². The Morgan fingerprint density at radius 2 is 1.76 bits per heavy atom. The molecule has 3 N–H and O–H groups in total. The molecule has 1 amide bonds. The number of fused-ring (bicyclic) bond motifs is 1. The minimum atomic E-state index is -0.974. The third-order valence-electron chi connectivity index (χ3n) is 10.1. The van der Waals surface area contributed by atoms with E-state index in [0.717, 1.165) is 51.4 Å². The lowest BCUT2D eigenvalue weighted by Crippen LogP contribution is -2.48. The summed E-state index contributed by atoms with van der Waals surface area (Å²) in [5, 5.41) is 29.7. The van der Waals surface area contributed by atoms with Crippen molar-refractivity contribution in [3.63, 3.8) is 0 Å². The van der Waals surface area contributed by atoms with Crippen LogP contribution in [-0.4, -0.2) is 57.9 Å². The van der Waals surface area contributed by atoms with Gasteiger partial charge in [0.1, 0.15) is 6.54 Å². The molecule has 0 aromatic carbocycles. The van der Waals surface area contributed by atoms with Crippen LogP contribution >= 0.6 is 0 Å². The van der Waals surface area contributed by atoms with E-state index in [0.29, 0.717) is 30.1 Å². The molecule has 0 bridgehead atoms. The predicted octanol–water partition coefficient (Wildman–Crippen LogP) is 4.47. The van der Waals surface area contributed by atoms with Crippen molar-refractivity contribution in [2.24, 2.45) is 34.5 Å². The largest absolute Gasteiger partial charge is 0.480 e. The summed E-state index contributed by atoms with van der Waals surface area (Å²) in [6, 6.07) is 0. The Kier molecular flexibility index (Phi) is 8.53. The van der Waals surface area contributed by atoms with Gasteiger partial charge in [0.05, 0.1) is 12.2 Å². The van der Waals surface area contributed by atoms with E-state index in [-0.39, 0.29) is 35.5 Å². The van der Waals surface area contributed by atoms with E-state index in [4.69, 9.17) is 5.11 Å². The minimum absolute atomic E-state index is 0.0846. The molecular weight excluding hydrogens is 418 g/mol.